The van der Waals surface area contributed by atoms with Crippen molar-refractivity contribution in [2.45, 2.75) is 18.4 Å². The summed E-state index contributed by atoms with van der Waals surface area (Å²) < 4.78 is 0. The van der Waals surface area contributed by atoms with Crippen LogP contribution in [-0.4, -0.2) is 5.11 Å². The predicted octanol–water partition coefficient (Wildman–Crippen LogP) is 3.97. The molecule has 0 bridgehead atoms. The molecule has 1 aliphatic rings. The Kier molecular flexibility index (Phi) is 2.51. The molecule has 0 unspecified atom stereocenters. The van der Waals surface area contributed by atoms with Crippen molar-refractivity contribution in [3.05, 3.63) is 56.7 Å². The Morgan fingerprint density at radius 3 is 2.88 bits per heavy atom. The van der Waals surface area contributed by atoms with E-state index in [0.29, 0.717) is 10.9 Å². The lowest BCUT2D eigenvalue weighted by molar-refractivity contribution is 0.176. The highest BCUT2D eigenvalue weighted by Gasteiger charge is 2.31. The van der Waals surface area contributed by atoms with Gasteiger partial charge in [-0.15, -0.1) is 11.3 Å². The molecule has 0 saturated carbocycles. The molecule has 0 saturated heterocycles. The van der Waals surface area contributed by atoms with Crippen LogP contribution in [0.15, 0.2) is 35.7 Å². The molecule has 0 spiro atoms. The van der Waals surface area contributed by atoms with E-state index < -0.39 is 0 Å². The van der Waals surface area contributed by atoms with E-state index in [4.69, 9.17) is 11.6 Å². The van der Waals surface area contributed by atoms with Crippen LogP contribution in [0.1, 0.15) is 34.4 Å². The fourth-order valence-electron chi connectivity index (χ4n) is 2.39. The molecule has 1 aliphatic carbocycles. The molecular weight excluding hydrogens is 240 g/mol. The van der Waals surface area contributed by atoms with Crippen LogP contribution in [0.25, 0.3) is 0 Å². The maximum Gasteiger partial charge on any atom is 0.0802 e. The SMILES string of the molecule is O[C@@H]1C[C@H](c2cccs2)c2ccc(Cl)cc21. The third kappa shape index (κ3) is 1.58. The number of aliphatic hydroxyl groups is 1. The summed E-state index contributed by atoms with van der Waals surface area (Å²) in [7, 11) is 0. The quantitative estimate of drug-likeness (QED) is 0.812. The maximum atomic E-state index is 10.0. The second kappa shape index (κ2) is 3.88. The zero-order valence-corrected chi connectivity index (χ0v) is 10.1. The van der Waals surface area contributed by atoms with Crippen LogP contribution in [0.3, 0.4) is 0 Å². The molecule has 3 rings (SSSR count). The molecule has 2 aromatic rings. The van der Waals surface area contributed by atoms with Crippen molar-refractivity contribution < 1.29 is 5.11 Å². The number of hydrogen-bond acceptors (Lipinski definition) is 2. The molecule has 0 amide bonds. The van der Waals surface area contributed by atoms with E-state index in [0.717, 1.165) is 12.0 Å². The molecular formula is C13H11ClOS. The van der Waals surface area contributed by atoms with Gasteiger partial charge in [0.25, 0.3) is 0 Å². The molecule has 1 nitrogen and oxygen atoms in total. The van der Waals surface area contributed by atoms with E-state index >= 15 is 0 Å². The van der Waals surface area contributed by atoms with Gasteiger partial charge in [-0.2, -0.15) is 0 Å². The van der Waals surface area contributed by atoms with Crippen molar-refractivity contribution in [1.82, 2.24) is 0 Å². The normalized spacial score (nSPS) is 23.4. The summed E-state index contributed by atoms with van der Waals surface area (Å²) >= 11 is 7.70. The Morgan fingerprint density at radius 1 is 1.25 bits per heavy atom. The molecule has 16 heavy (non-hydrogen) atoms. The highest BCUT2D eigenvalue weighted by atomic mass is 35.5. The van der Waals surface area contributed by atoms with Gasteiger partial charge in [-0.05, 0) is 41.1 Å². The number of aliphatic hydroxyl groups excluding tert-OH is 1. The van der Waals surface area contributed by atoms with Crippen molar-refractivity contribution in [1.29, 1.82) is 0 Å². The first-order valence-corrected chi connectivity index (χ1v) is 6.52. The van der Waals surface area contributed by atoms with Crippen LogP contribution in [0.2, 0.25) is 5.02 Å². The molecule has 2 atom stereocenters. The van der Waals surface area contributed by atoms with Crippen molar-refractivity contribution in [2.75, 3.05) is 0 Å². The van der Waals surface area contributed by atoms with Gasteiger partial charge in [-0.1, -0.05) is 23.7 Å². The fourth-order valence-corrected chi connectivity index (χ4v) is 3.43. The molecule has 0 fully saturated rings. The van der Waals surface area contributed by atoms with E-state index in [1.54, 1.807) is 11.3 Å². The zero-order chi connectivity index (χ0) is 11.1. The van der Waals surface area contributed by atoms with E-state index in [2.05, 4.69) is 17.5 Å². The number of benzene rings is 1. The number of rotatable bonds is 1. The van der Waals surface area contributed by atoms with Gasteiger partial charge in [0.2, 0.25) is 0 Å². The molecule has 1 aromatic heterocycles. The highest BCUT2D eigenvalue weighted by molar-refractivity contribution is 7.10. The Balaban J connectivity index is 2.09. The Labute approximate surface area is 103 Å². The van der Waals surface area contributed by atoms with Crippen LogP contribution < -0.4 is 0 Å². The molecule has 1 heterocycles. The van der Waals surface area contributed by atoms with Crippen LogP contribution in [0.5, 0.6) is 0 Å². The average molecular weight is 251 g/mol. The van der Waals surface area contributed by atoms with Gasteiger partial charge in [0, 0.05) is 15.8 Å². The monoisotopic (exact) mass is 250 g/mol. The van der Waals surface area contributed by atoms with Crippen molar-refractivity contribution >= 4 is 22.9 Å². The summed E-state index contributed by atoms with van der Waals surface area (Å²) in [6, 6.07) is 10.0. The largest absolute Gasteiger partial charge is 0.388 e. The minimum Gasteiger partial charge on any atom is -0.388 e. The van der Waals surface area contributed by atoms with Gasteiger partial charge in [0.05, 0.1) is 6.10 Å². The van der Waals surface area contributed by atoms with Crippen molar-refractivity contribution in [3.63, 3.8) is 0 Å². The van der Waals surface area contributed by atoms with E-state index in [1.165, 1.54) is 10.4 Å². The van der Waals surface area contributed by atoms with Gasteiger partial charge in [-0.25, -0.2) is 0 Å². The Hall–Kier alpha value is -0.830. The maximum absolute atomic E-state index is 10.0. The number of hydrogen-bond donors (Lipinski definition) is 1. The average Bonchev–Trinajstić information content (AvgIpc) is 2.87. The zero-order valence-electron chi connectivity index (χ0n) is 8.56. The lowest BCUT2D eigenvalue weighted by atomic mass is 10.00. The number of fused-ring (bicyclic) bond motifs is 1. The summed E-state index contributed by atoms with van der Waals surface area (Å²) in [5.74, 6) is 0.335. The third-order valence-electron chi connectivity index (χ3n) is 3.13. The number of thiophene rings is 1. The standard InChI is InChI=1S/C13H11ClOS/c14-8-3-4-9-10(6-8)12(15)7-11(9)13-2-1-5-16-13/h1-6,11-12,15H,7H2/t11-,12+/m0/s1. The van der Waals surface area contributed by atoms with Crippen molar-refractivity contribution in [3.8, 4) is 0 Å². The fraction of sp³-hybridized carbons (Fsp3) is 0.231. The summed E-state index contributed by atoms with van der Waals surface area (Å²) in [5.41, 5.74) is 2.21. The summed E-state index contributed by atoms with van der Waals surface area (Å²) in [6.45, 7) is 0. The summed E-state index contributed by atoms with van der Waals surface area (Å²) in [4.78, 5) is 1.32. The molecule has 0 radical (unpaired) electrons. The molecule has 1 N–H and O–H groups in total. The second-order valence-corrected chi connectivity index (χ2v) is 5.51. The first-order valence-electron chi connectivity index (χ1n) is 5.26. The molecule has 82 valence electrons. The van der Waals surface area contributed by atoms with Gasteiger partial charge in [0.1, 0.15) is 0 Å². The highest BCUT2D eigenvalue weighted by Crippen LogP contribution is 2.45. The van der Waals surface area contributed by atoms with Crippen LogP contribution >= 0.6 is 22.9 Å². The molecule has 0 aliphatic heterocycles. The first kappa shape index (κ1) is 10.3. The van der Waals surface area contributed by atoms with Gasteiger partial charge < -0.3 is 5.11 Å². The van der Waals surface area contributed by atoms with E-state index in [1.807, 2.05) is 18.2 Å². The lowest BCUT2D eigenvalue weighted by Gasteiger charge is -2.08. The van der Waals surface area contributed by atoms with Crippen LogP contribution in [-0.2, 0) is 0 Å². The Bertz CT molecular complexity index is 507. The molecule has 1 aromatic carbocycles. The van der Waals surface area contributed by atoms with E-state index in [9.17, 15) is 5.11 Å². The first-order chi connectivity index (χ1) is 7.75. The van der Waals surface area contributed by atoms with Gasteiger partial charge >= 0.3 is 0 Å². The minimum absolute atomic E-state index is 0.335. The Morgan fingerprint density at radius 2 is 2.12 bits per heavy atom. The van der Waals surface area contributed by atoms with E-state index in [-0.39, 0.29) is 6.10 Å². The third-order valence-corrected chi connectivity index (χ3v) is 4.35. The van der Waals surface area contributed by atoms with Crippen LogP contribution in [0.4, 0.5) is 0 Å². The minimum atomic E-state index is -0.374. The topological polar surface area (TPSA) is 20.2 Å². The summed E-state index contributed by atoms with van der Waals surface area (Å²) in [6.07, 6.45) is 0.400. The molecule has 3 heteroatoms. The lowest BCUT2D eigenvalue weighted by Crippen LogP contribution is -1.92. The van der Waals surface area contributed by atoms with Gasteiger partial charge in [-0.3, -0.25) is 0 Å². The van der Waals surface area contributed by atoms with Crippen LogP contribution in [0, 0.1) is 0 Å². The smallest absolute Gasteiger partial charge is 0.0802 e. The van der Waals surface area contributed by atoms with Crippen molar-refractivity contribution in [2.24, 2.45) is 0 Å². The van der Waals surface area contributed by atoms with Gasteiger partial charge in [0.15, 0.2) is 0 Å². The number of halogens is 1. The summed E-state index contributed by atoms with van der Waals surface area (Å²) in [5, 5.41) is 12.8. The predicted molar refractivity (Wildman–Crippen MR) is 67.2 cm³/mol. The second-order valence-electron chi connectivity index (χ2n) is 4.09.